The second-order valence-electron chi connectivity index (χ2n) is 8.09. The third kappa shape index (κ3) is 4.72. The lowest BCUT2D eigenvalue weighted by atomic mass is 10.1. The first kappa shape index (κ1) is 24.3. The first-order valence-corrected chi connectivity index (χ1v) is 12.1. The topological polar surface area (TPSA) is 122 Å². The Morgan fingerprint density at radius 1 is 1.14 bits per heavy atom. The number of carbonyl (C=O) groups is 1. The van der Waals surface area contributed by atoms with Crippen molar-refractivity contribution >= 4 is 32.9 Å². The first-order chi connectivity index (χ1) is 16.5. The monoisotopic (exact) mass is 503 g/mol. The van der Waals surface area contributed by atoms with Crippen molar-refractivity contribution in [3.63, 3.8) is 0 Å². The van der Waals surface area contributed by atoms with Gasteiger partial charge in [-0.3, -0.25) is 14.4 Å². The number of rotatable bonds is 8. The SMILES string of the molecule is N#CCC(C1CC1)n1cc(C(N)=O)c(N(c2ccccc2)c2ccc(S(=O)(=O)C(F)(F)F)cc2)n1. The van der Waals surface area contributed by atoms with Crippen LogP contribution < -0.4 is 10.6 Å². The number of benzene rings is 2. The van der Waals surface area contributed by atoms with E-state index >= 15 is 0 Å². The molecule has 8 nitrogen and oxygen atoms in total. The standard InChI is InChI=1S/C23H20F3N5O3S/c24-23(25,26)35(33,34)18-10-8-17(9-11-18)31(16-4-2-1-3-5-16)22-19(21(28)32)14-30(29-22)20(12-13-27)15-6-7-15/h1-5,8-11,14-15,20H,6-7,12H2,(H2,28,32). The van der Waals surface area contributed by atoms with Crippen molar-refractivity contribution in [1.82, 2.24) is 9.78 Å². The van der Waals surface area contributed by atoms with Gasteiger partial charge in [-0.1, -0.05) is 18.2 Å². The molecule has 2 N–H and O–H groups in total. The van der Waals surface area contributed by atoms with Crippen LogP contribution in [0, 0.1) is 17.2 Å². The number of primary amides is 1. The summed E-state index contributed by atoms with van der Waals surface area (Å²) in [6.45, 7) is 0. The second-order valence-corrected chi connectivity index (χ2v) is 10.0. The number of sulfone groups is 1. The lowest BCUT2D eigenvalue weighted by Crippen LogP contribution is -2.23. The molecular formula is C23H20F3N5O3S. The van der Waals surface area contributed by atoms with Gasteiger partial charge >= 0.3 is 5.51 Å². The molecule has 0 radical (unpaired) electrons. The molecule has 3 aromatic rings. The Labute approximate surface area is 199 Å². The van der Waals surface area contributed by atoms with Gasteiger partial charge in [0.15, 0.2) is 5.82 Å². The summed E-state index contributed by atoms with van der Waals surface area (Å²) in [5.41, 5.74) is 1.00. The van der Waals surface area contributed by atoms with Crippen LogP contribution in [0.3, 0.4) is 0 Å². The van der Waals surface area contributed by atoms with Crippen molar-refractivity contribution in [3.05, 3.63) is 66.4 Å². The van der Waals surface area contributed by atoms with Crippen molar-refractivity contribution in [2.45, 2.75) is 35.7 Å². The zero-order chi connectivity index (χ0) is 25.4. The first-order valence-electron chi connectivity index (χ1n) is 10.6. The number of halogens is 3. The molecule has 1 fully saturated rings. The molecule has 1 aliphatic rings. The molecule has 0 saturated heterocycles. The zero-order valence-corrected chi connectivity index (χ0v) is 19.0. The summed E-state index contributed by atoms with van der Waals surface area (Å²) in [5.74, 6) is -0.436. The maximum Gasteiger partial charge on any atom is 0.501 e. The number of anilines is 3. The summed E-state index contributed by atoms with van der Waals surface area (Å²) >= 11 is 0. The number of nitrogens with zero attached hydrogens (tertiary/aromatic N) is 4. The van der Waals surface area contributed by atoms with Crippen LogP contribution in [0.5, 0.6) is 0 Å². The van der Waals surface area contributed by atoms with E-state index < -0.39 is 26.1 Å². The zero-order valence-electron chi connectivity index (χ0n) is 18.2. The molecule has 2 aromatic carbocycles. The highest BCUT2D eigenvalue weighted by molar-refractivity contribution is 7.92. The van der Waals surface area contributed by atoms with Crippen LogP contribution in [0.25, 0.3) is 0 Å². The van der Waals surface area contributed by atoms with E-state index in [0.29, 0.717) is 5.69 Å². The van der Waals surface area contributed by atoms with Gasteiger partial charge in [-0.25, -0.2) is 8.42 Å². The Kier molecular flexibility index (Phi) is 6.29. The molecule has 0 aliphatic heterocycles. The number of nitriles is 1. The van der Waals surface area contributed by atoms with Crippen LogP contribution >= 0.6 is 0 Å². The number of carbonyl (C=O) groups excluding carboxylic acids is 1. The molecule has 1 aliphatic carbocycles. The van der Waals surface area contributed by atoms with Crippen LogP contribution in [-0.2, 0) is 9.84 Å². The number of aromatic nitrogens is 2. The number of hydrogen-bond acceptors (Lipinski definition) is 6. The number of para-hydroxylation sites is 1. The molecule has 1 heterocycles. The lowest BCUT2D eigenvalue weighted by molar-refractivity contribution is -0.0436. The molecule has 4 rings (SSSR count). The quantitative estimate of drug-likeness (QED) is 0.479. The molecule has 35 heavy (non-hydrogen) atoms. The van der Waals surface area contributed by atoms with Crippen molar-refractivity contribution in [2.75, 3.05) is 4.90 Å². The molecule has 12 heteroatoms. The summed E-state index contributed by atoms with van der Waals surface area (Å²) in [6, 6.07) is 14.5. The van der Waals surface area contributed by atoms with Crippen molar-refractivity contribution < 1.29 is 26.4 Å². The summed E-state index contributed by atoms with van der Waals surface area (Å²) < 4.78 is 64.0. The van der Waals surface area contributed by atoms with E-state index in [2.05, 4.69) is 11.2 Å². The number of alkyl halides is 3. The number of amides is 1. The van der Waals surface area contributed by atoms with E-state index in [4.69, 9.17) is 5.73 Å². The summed E-state index contributed by atoms with van der Waals surface area (Å²) in [7, 11) is -5.53. The van der Waals surface area contributed by atoms with E-state index in [-0.39, 0.29) is 35.4 Å². The van der Waals surface area contributed by atoms with E-state index in [0.717, 1.165) is 25.0 Å². The van der Waals surface area contributed by atoms with Gasteiger partial charge in [-0.05, 0) is 55.2 Å². The van der Waals surface area contributed by atoms with Gasteiger partial charge in [-0.15, -0.1) is 0 Å². The molecule has 1 unspecified atom stereocenters. The summed E-state index contributed by atoms with van der Waals surface area (Å²) in [4.78, 5) is 12.9. The Hall–Kier alpha value is -3.85. The van der Waals surface area contributed by atoms with Gasteiger partial charge in [0, 0.05) is 17.6 Å². The fourth-order valence-electron chi connectivity index (χ4n) is 3.82. The van der Waals surface area contributed by atoms with Gasteiger partial charge in [0.25, 0.3) is 15.7 Å². The van der Waals surface area contributed by atoms with Crippen molar-refractivity contribution in [3.8, 4) is 6.07 Å². The Balaban J connectivity index is 1.85. The average molecular weight is 504 g/mol. The molecule has 1 amide bonds. The second kappa shape index (κ2) is 9.07. The number of hydrogen-bond donors (Lipinski definition) is 1. The third-order valence-electron chi connectivity index (χ3n) is 5.72. The molecule has 1 saturated carbocycles. The predicted molar refractivity (Wildman–Crippen MR) is 121 cm³/mol. The van der Waals surface area contributed by atoms with Crippen LogP contribution in [0.2, 0.25) is 0 Å². The molecule has 1 atom stereocenters. The minimum absolute atomic E-state index is 0.0458. The molecular weight excluding hydrogens is 483 g/mol. The van der Waals surface area contributed by atoms with Gasteiger partial charge < -0.3 is 5.73 Å². The molecule has 1 aromatic heterocycles. The minimum atomic E-state index is -5.53. The smallest absolute Gasteiger partial charge is 0.365 e. The third-order valence-corrected chi connectivity index (χ3v) is 7.22. The average Bonchev–Trinajstić information content (AvgIpc) is 3.56. The largest absolute Gasteiger partial charge is 0.501 e. The van der Waals surface area contributed by atoms with E-state index in [1.807, 2.05) is 0 Å². The van der Waals surface area contributed by atoms with Gasteiger partial charge in [0.2, 0.25) is 0 Å². The van der Waals surface area contributed by atoms with Gasteiger partial charge in [0.1, 0.15) is 5.56 Å². The van der Waals surface area contributed by atoms with E-state index in [1.54, 1.807) is 30.3 Å². The van der Waals surface area contributed by atoms with E-state index in [1.165, 1.54) is 27.9 Å². The van der Waals surface area contributed by atoms with Crippen LogP contribution in [-0.4, -0.2) is 29.6 Å². The molecule has 0 spiro atoms. The summed E-state index contributed by atoms with van der Waals surface area (Å²) in [6.07, 6.45) is 3.49. The fourth-order valence-corrected chi connectivity index (χ4v) is 4.58. The Morgan fingerprint density at radius 3 is 2.26 bits per heavy atom. The summed E-state index contributed by atoms with van der Waals surface area (Å²) in [5, 5.41) is 13.8. The van der Waals surface area contributed by atoms with Crippen molar-refractivity contribution in [2.24, 2.45) is 11.7 Å². The highest BCUT2D eigenvalue weighted by Gasteiger charge is 2.46. The highest BCUT2D eigenvalue weighted by Crippen LogP contribution is 2.43. The maximum atomic E-state index is 13.0. The lowest BCUT2D eigenvalue weighted by Gasteiger charge is -2.24. The van der Waals surface area contributed by atoms with E-state index in [9.17, 15) is 31.6 Å². The minimum Gasteiger partial charge on any atom is -0.365 e. The van der Waals surface area contributed by atoms with Gasteiger partial charge in [0.05, 0.1) is 23.4 Å². The van der Waals surface area contributed by atoms with Crippen LogP contribution in [0.1, 0.15) is 35.7 Å². The van der Waals surface area contributed by atoms with Crippen molar-refractivity contribution in [1.29, 1.82) is 5.26 Å². The normalized spacial score (nSPS) is 14.8. The predicted octanol–water partition coefficient (Wildman–Crippen LogP) is 4.61. The Bertz CT molecular complexity index is 1380. The van der Waals surface area contributed by atoms with Gasteiger partial charge in [-0.2, -0.15) is 23.5 Å². The number of nitrogens with two attached hydrogens (primary N) is 1. The fraction of sp³-hybridized carbons (Fsp3) is 0.261. The van der Waals surface area contributed by atoms with Crippen LogP contribution in [0.15, 0.2) is 65.7 Å². The maximum absolute atomic E-state index is 13.0. The molecule has 0 bridgehead atoms. The highest BCUT2D eigenvalue weighted by atomic mass is 32.2. The molecule has 182 valence electrons. The Morgan fingerprint density at radius 2 is 1.74 bits per heavy atom. The van der Waals surface area contributed by atoms with Crippen LogP contribution in [0.4, 0.5) is 30.4 Å².